The van der Waals surface area contributed by atoms with Crippen LogP contribution in [-0.4, -0.2) is 9.97 Å². The molecule has 1 rings (SSSR count). The van der Waals surface area contributed by atoms with Gasteiger partial charge in [0.15, 0.2) is 0 Å². The molecule has 0 aliphatic carbocycles. The SMILES string of the molecule is Clc1nc(CI)cc(CI)n1. The molecular weight excluding hydrogens is 389 g/mol. The molecule has 11 heavy (non-hydrogen) atoms. The van der Waals surface area contributed by atoms with Crippen LogP contribution in [0.4, 0.5) is 0 Å². The van der Waals surface area contributed by atoms with Gasteiger partial charge in [-0.25, -0.2) is 9.97 Å². The molecule has 0 saturated carbocycles. The summed E-state index contributed by atoms with van der Waals surface area (Å²) >= 11 is 10.2. The molecule has 5 heteroatoms. The van der Waals surface area contributed by atoms with Crippen LogP contribution in [0.15, 0.2) is 6.07 Å². The van der Waals surface area contributed by atoms with Crippen molar-refractivity contribution in [3.63, 3.8) is 0 Å². The average Bonchev–Trinajstić information content (AvgIpc) is 2.03. The van der Waals surface area contributed by atoms with Gasteiger partial charge in [0.25, 0.3) is 0 Å². The lowest BCUT2D eigenvalue weighted by atomic mass is 10.4. The smallest absolute Gasteiger partial charge is 0.222 e. The minimum absolute atomic E-state index is 0.353. The Morgan fingerprint density at radius 3 is 2.00 bits per heavy atom. The van der Waals surface area contributed by atoms with Crippen LogP contribution in [0.25, 0.3) is 0 Å². The van der Waals surface area contributed by atoms with Crippen molar-refractivity contribution in [2.45, 2.75) is 8.86 Å². The van der Waals surface area contributed by atoms with Gasteiger partial charge in [0.05, 0.1) is 11.4 Å². The van der Waals surface area contributed by atoms with Crippen molar-refractivity contribution in [1.29, 1.82) is 0 Å². The molecule has 0 bridgehead atoms. The second-order valence-electron chi connectivity index (χ2n) is 1.89. The molecule has 2 nitrogen and oxygen atoms in total. The van der Waals surface area contributed by atoms with E-state index in [0.717, 1.165) is 20.2 Å². The lowest BCUT2D eigenvalue weighted by Crippen LogP contribution is -1.93. The third-order valence-corrected chi connectivity index (χ3v) is 2.81. The van der Waals surface area contributed by atoms with E-state index in [9.17, 15) is 0 Å². The maximum absolute atomic E-state index is 5.68. The Morgan fingerprint density at radius 1 is 1.18 bits per heavy atom. The molecule has 0 spiro atoms. The minimum Gasteiger partial charge on any atom is -0.222 e. The van der Waals surface area contributed by atoms with Crippen molar-refractivity contribution in [3.05, 3.63) is 22.7 Å². The largest absolute Gasteiger partial charge is 0.222 e. The maximum Gasteiger partial charge on any atom is 0.222 e. The van der Waals surface area contributed by atoms with Crippen LogP contribution in [0.1, 0.15) is 11.4 Å². The molecule has 0 aliphatic rings. The van der Waals surface area contributed by atoms with Crippen molar-refractivity contribution in [1.82, 2.24) is 9.97 Å². The first kappa shape index (κ1) is 9.91. The highest BCUT2D eigenvalue weighted by Crippen LogP contribution is 2.11. The Labute approximate surface area is 97.4 Å². The molecule has 0 fully saturated rings. The van der Waals surface area contributed by atoms with Gasteiger partial charge in [-0.05, 0) is 17.7 Å². The van der Waals surface area contributed by atoms with E-state index in [2.05, 4.69) is 55.1 Å². The van der Waals surface area contributed by atoms with Gasteiger partial charge in [0, 0.05) is 8.86 Å². The number of aromatic nitrogens is 2. The molecule has 1 aromatic rings. The van der Waals surface area contributed by atoms with Crippen LogP contribution < -0.4 is 0 Å². The molecule has 1 heterocycles. The van der Waals surface area contributed by atoms with Gasteiger partial charge in [-0.3, -0.25) is 0 Å². The Kier molecular flexibility index (Phi) is 4.29. The quantitative estimate of drug-likeness (QED) is 0.438. The topological polar surface area (TPSA) is 25.8 Å². The molecule has 0 saturated heterocycles. The molecule has 0 aromatic carbocycles. The standard InChI is InChI=1S/C6H5ClI2N2/c7-6-10-4(2-8)1-5(3-9)11-6/h1H,2-3H2. The summed E-state index contributed by atoms with van der Waals surface area (Å²) in [6.07, 6.45) is 0. The van der Waals surface area contributed by atoms with E-state index >= 15 is 0 Å². The zero-order valence-corrected chi connectivity index (χ0v) is 10.6. The van der Waals surface area contributed by atoms with Gasteiger partial charge in [0.1, 0.15) is 0 Å². The van der Waals surface area contributed by atoms with E-state index in [1.807, 2.05) is 6.07 Å². The van der Waals surface area contributed by atoms with E-state index in [0.29, 0.717) is 5.28 Å². The highest BCUT2D eigenvalue weighted by atomic mass is 127. The van der Waals surface area contributed by atoms with E-state index in [4.69, 9.17) is 11.6 Å². The van der Waals surface area contributed by atoms with Crippen LogP contribution >= 0.6 is 56.8 Å². The molecule has 0 atom stereocenters. The summed E-state index contributed by atoms with van der Waals surface area (Å²) in [7, 11) is 0. The highest BCUT2D eigenvalue weighted by molar-refractivity contribution is 14.1. The molecule has 1 aromatic heterocycles. The van der Waals surface area contributed by atoms with Crippen molar-refractivity contribution in [3.8, 4) is 0 Å². The Morgan fingerprint density at radius 2 is 1.64 bits per heavy atom. The van der Waals surface area contributed by atoms with Gasteiger partial charge < -0.3 is 0 Å². The summed E-state index contributed by atoms with van der Waals surface area (Å²) < 4.78 is 1.76. The van der Waals surface area contributed by atoms with Crippen LogP contribution in [-0.2, 0) is 8.86 Å². The monoisotopic (exact) mass is 394 g/mol. The predicted octanol–water partition coefficient (Wildman–Crippen LogP) is 3.00. The minimum atomic E-state index is 0.353. The summed E-state index contributed by atoms with van der Waals surface area (Å²) in [4.78, 5) is 8.09. The first-order chi connectivity index (χ1) is 5.26. The summed E-state index contributed by atoms with van der Waals surface area (Å²) in [5.41, 5.74) is 1.99. The second-order valence-corrected chi connectivity index (χ2v) is 3.75. The summed E-state index contributed by atoms with van der Waals surface area (Å²) in [5, 5.41) is 0.353. The summed E-state index contributed by atoms with van der Waals surface area (Å²) in [6, 6.07) is 1.98. The van der Waals surface area contributed by atoms with Crippen LogP contribution in [0, 0.1) is 0 Å². The van der Waals surface area contributed by atoms with Gasteiger partial charge in [-0.15, -0.1) is 0 Å². The number of halogens is 3. The third-order valence-electron chi connectivity index (χ3n) is 1.08. The van der Waals surface area contributed by atoms with Crippen LogP contribution in [0.5, 0.6) is 0 Å². The van der Waals surface area contributed by atoms with E-state index in [-0.39, 0.29) is 0 Å². The maximum atomic E-state index is 5.68. The zero-order chi connectivity index (χ0) is 8.27. The molecule has 0 aliphatic heterocycles. The lowest BCUT2D eigenvalue weighted by molar-refractivity contribution is 1.05. The number of rotatable bonds is 2. The lowest BCUT2D eigenvalue weighted by Gasteiger charge is -1.98. The zero-order valence-electron chi connectivity index (χ0n) is 5.52. The summed E-state index contributed by atoms with van der Waals surface area (Å²) in [5.74, 6) is 0. The highest BCUT2D eigenvalue weighted by Gasteiger charge is 1.99. The fourth-order valence-electron chi connectivity index (χ4n) is 0.656. The molecule has 60 valence electrons. The van der Waals surface area contributed by atoms with Gasteiger partial charge >= 0.3 is 0 Å². The predicted molar refractivity (Wildman–Crippen MR) is 62.5 cm³/mol. The number of nitrogens with zero attached hydrogens (tertiary/aromatic N) is 2. The molecule has 0 amide bonds. The molecular formula is C6H5ClI2N2. The van der Waals surface area contributed by atoms with E-state index in [1.54, 1.807) is 0 Å². The van der Waals surface area contributed by atoms with Gasteiger partial charge in [-0.2, -0.15) is 0 Å². The average molecular weight is 394 g/mol. The Balaban J connectivity index is 3.02. The molecule has 0 unspecified atom stereocenters. The second kappa shape index (κ2) is 4.76. The molecule has 0 N–H and O–H groups in total. The summed E-state index contributed by atoms with van der Waals surface area (Å²) in [6.45, 7) is 0. The Hall–Kier alpha value is 0.830. The van der Waals surface area contributed by atoms with Crippen molar-refractivity contribution in [2.24, 2.45) is 0 Å². The number of hydrogen-bond acceptors (Lipinski definition) is 2. The van der Waals surface area contributed by atoms with Gasteiger partial charge in [0.2, 0.25) is 5.28 Å². The first-order valence-corrected chi connectivity index (χ1v) is 6.33. The Bertz CT molecular complexity index is 232. The fraction of sp³-hybridized carbons (Fsp3) is 0.333. The first-order valence-electron chi connectivity index (χ1n) is 2.90. The van der Waals surface area contributed by atoms with Crippen molar-refractivity contribution in [2.75, 3.05) is 0 Å². The number of alkyl halides is 2. The normalized spacial score (nSPS) is 10.1. The van der Waals surface area contributed by atoms with Gasteiger partial charge in [-0.1, -0.05) is 45.2 Å². The van der Waals surface area contributed by atoms with E-state index < -0.39 is 0 Å². The van der Waals surface area contributed by atoms with Crippen LogP contribution in [0.3, 0.4) is 0 Å². The van der Waals surface area contributed by atoms with Crippen molar-refractivity contribution < 1.29 is 0 Å². The third kappa shape index (κ3) is 2.98. The fourth-order valence-corrected chi connectivity index (χ4v) is 1.65. The number of hydrogen-bond donors (Lipinski definition) is 0. The van der Waals surface area contributed by atoms with E-state index in [1.165, 1.54) is 0 Å². The van der Waals surface area contributed by atoms with Crippen LogP contribution in [0.2, 0.25) is 5.28 Å². The van der Waals surface area contributed by atoms with Crippen molar-refractivity contribution >= 4 is 56.8 Å². The molecule has 0 radical (unpaired) electrons.